The van der Waals surface area contributed by atoms with Crippen LogP contribution in [0.3, 0.4) is 0 Å². The fourth-order valence-electron chi connectivity index (χ4n) is 3.11. The first kappa shape index (κ1) is 17.9. The molecule has 0 saturated carbocycles. The number of para-hydroxylation sites is 1. The van der Waals surface area contributed by atoms with Crippen LogP contribution in [-0.2, 0) is 6.54 Å². The summed E-state index contributed by atoms with van der Waals surface area (Å²) in [4.78, 5) is 28.4. The first-order valence-electron chi connectivity index (χ1n) is 8.52. The molecule has 1 aromatic heterocycles. The molecule has 0 bridgehead atoms. The second-order valence-corrected chi connectivity index (χ2v) is 6.66. The van der Waals surface area contributed by atoms with E-state index in [2.05, 4.69) is 4.98 Å². The third kappa shape index (κ3) is 3.25. The summed E-state index contributed by atoms with van der Waals surface area (Å²) in [5.74, 6) is 0. The standard InChI is InChI=1S/C21H14ClN3O3/c22-17-10-5-11-18-20(17)23-19(15-8-4-9-16(12-15)25(27)28)21(26)24(18)13-14-6-2-1-3-7-14/h1-12H,13H2. The average Bonchev–Trinajstić information content (AvgIpc) is 2.71. The number of benzene rings is 3. The van der Waals surface area contributed by atoms with E-state index in [0.29, 0.717) is 28.2 Å². The molecule has 28 heavy (non-hydrogen) atoms. The summed E-state index contributed by atoms with van der Waals surface area (Å²) in [5.41, 5.74) is 2.09. The van der Waals surface area contributed by atoms with E-state index in [0.717, 1.165) is 5.56 Å². The van der Waals surface area contributed by atoms with Gasteiger partial charge in [0.15, 0.2) is 0 Å². The molecule has 7 heteroatoms. The zero-order valence-corrected chi connectivity index (χ0v) is 15.3. The molecule has 0 radical (unpaired) electrons. The molecule has 0 spiro atoms. The van der Waals surface area contributed by atoms with Gasteiger partial charge in [0.2, 0.25) is 0 Å². The monoisotopic (exact) mass is 391 g/mol. The third-order valence-corrected chi connectivity index (χ3v) is 4.75. The molecule has 3 aromatic carbocycles. The fraction of sp³-hybridized carbons (Fsp3) is 0.0476. The molecule has 0 atom stereocenters. The Balaban J connectivity index is 1.99. The largest absolute Gasteiger partial charge is 0.300 e. The Bertz CT molecular complexity index is 1250. The van der Waals surface area contributed by atoms with Gasteiger partial charge < -0.3 is 4.57 Å². The molecule has 0 amide bonds. The van der Waals surface area contributed by atoms with Gasteiger partial charge in [0.05, 0.1) is 22.0 Å². The molecule has 0 fully saturated rings. The lowest BCUT2D eigenvalue weighted by Gasteiger charge is -2.13. The molecule has 0 unspecified atom stereocenters. The van der Waals surface area contributed by atoms with Crippen molar-refractivity contribution in [2.75, 3.05) is 0 Å². The molecule has 6 nitrogen and oxygen atoms in total. The van der Waals surface area contributed by atoms with Gasteiger partial charge >= 0.3 is 0 Å². The number of non-ortho nitro benzene ring substituents is 1. The van der Waals surface area contributed by atoms with Crippen molar-refractivity contribution in [1.29, 1.82) is 0 Å². The molecule has 0 aliphatic heterocycles. The number of hydrogen-bond donors (Lipinski definition) is 0. The summed E-state index contributed by atoms with van der Waals surface area (Å²) in [6, 6.07) is 20.7. The topological polar surface area (TPSA) is 78.0 Å². The highest BCUT2D eigenvalue weighted by Crippen LogP contribution is 2.26. The quantitative estimate of drug-likeness (QED) is 0.374. The highest BCUT2D eigenvalue weighted by Gasteiger charge is 2.17. The Morgan fingerprint density at radius 1 is 1.00 bits per heavy atom. The van der Waals surface area contributed by atoms with Crippen LogP contribution in [-0.4, -0.2) is 14.5 Å². The van der Waals surface area contributed by atoms with Gasteiger partial charge in [0.1, 0.15) is 11.2 Å². The van der Waals surface area contributed by atoms with Gasteiger partial charge in [-0.3, -0.25) is 14.9 Å². The number of aromatic nitrogens is 2. The van der Waals surface area contributed by atoms with Crippen LogP contribution in [0.2, 0.25) is 5.02 Å². The summed E-state index contributed by atoms with van der Waals surface area (Å²) in [6.45, 7) is 0.334. The van der Waals surface area contributed by atoms with Crippen LogP contribution in [0.25, 0.3) is 22.3 Å². The van der Waals surface area contributed by atoms with Crippen LogP contribution in [0.15, 0.2) is 77.6 Å². The van der Waals surface area contributed by atoms with Crippen LogP contribution in [0.5, 0.6) is 0 Å². The normalized spacial score (nSPS) is 10.9. The molecule has 138 valence electrons. The maximum atomic E-state index is 13.3. The Morgan fingerprint density at radius 3 is 2.50 bits per heavy atom. The van der Waals surface area contributed by atoms with E-state index in [1.807, 2.05) is 30.3 Å². The van der Waals surface area contributed by atoms with Gasteiger partial charge in [0.25, 0.3) is 11.2 Å². The predicted octanol–water partition coefficient (Wildman–Crippen LogP) is 4.67. The minimum absolute atomic E-state index is 0.104. The smallest absolute Gasteiger partial charge is 0.277 e. The van der Waals surface area contributed by atoms with Crippen molar-refractivity contribution in [3.8, 4) is 11.3 Å². The van der Waals surface area contributed by atoms with E-state index in [1.165, 1.54) is 18.2 Å². The van der Waals surface area contributed by atoms with Crippen molar-refractivity contribution < 1.29 is 4.92 Å². The Labute approximate surface area is 164 Å². The molecule has 0 saturated heterocycles. The predicted molar refractivity (Wildman–Crippen MR) is 109 cm³/mol. The lowest BCUT2D eigenvalue weighted by atomic mass is 10.1. The highest BCUT2D eigenvalue weighted by atomic mass is 35.5. The summed E-state index contributed by atoms with van der Waals surface area (Å²) >= 11 is 6.34. The van der Waals surface area contributed by atoms with Gasteiger partial charge in [0, 0.05) is 17.7 Å². The van der Waals surface area contributed by atoms with Gasteiger partial charge in [-0.2, -0.15) is 0 Å². The number of nitro groups is 1. The minimum atomic E-state index is -0.500. The van der Waals surface area contributed by atoms with E-state index < -0.39 is 4.92 Å². The van der Waals surface area contributed by atoms with Gasteiger partial charge in [-0.15, -0.1) is 0 Å². The van der Waals surface area contributed by atoms with Gasteiger partial charge in [-0.05, 0) is 17.7 Å². The van der Waals surface area contributed by atoms with Crippen LogP contribution >= 0.6 is 11.6 Å². The Morgan fingerprint density at radius 2 is 1.75 bits per heavy atom. The summed E-state index contributed by atoms with van der Waals surface area (Å²) in [7, 11) is 0. The second-order valence-electron chi connectivity index (χ2n) is 6.25. The lowest BCUT2D eigenvalue weighted by Crippen LogP contribution is -2.24. The zero-order valence-electron chi connectivity index (χ0n) is 14.6. The van der Waals surface area contributed by atoms with Crippen molar-refractivity contribution in [3.63, 3.8) is 0 Å². The number of nitrogens with zero attached hydrogens (tertiary/aromatic N) is 3. The number of halogens is 1. The number of fused-ring (bicyclic) bond motifs is 1. The summed E-state index contributed by atoms with van der Waals surface area (Å²) in [6.07, 6.45) is 0. The van der Waals surface area contributed by atoms with E-state index in [9.17, 15) is 14.9 Å². The van der Waals surface area contributed by atoms with Gasteiger partial charge in [-0.25, -0.2) is 4.98 Å². The fourth-order valence-corrected chi connectivity index (χ4v) is 3.32. The third-order valence-electron chi connectivity index (χ3n) is 4.44. The molecular weight excluding hydrogens is 378 g/mol. The van der Waals surface area contributed by atoms with Crippen molar-refractivity contribution in [1.82, 2.24) is 9.55 Å². The molecular formula is C21H14ClN3O3. The van der Waals surface area contributed by atoms with E-state index in [4.69, 9.17) is 11.6 Å². The summed E-state index contributed by atoms with van der Waals surface area (Å²) in [5, 5.41) is 11.5. The van der Waals surface area contributed by atoms with Crippen molar-refractivity contribution >= 4 is 28.3 Å². The van der Waals surface area contributed by atoms with Crippen LogP contribution in [0.4, 0.5) is 5.69 Å². The first-order valence-corrected chi connectivity index (χ1v) is 8.90. The summed E-state index contributed by atoms with van der Waals surface area (Å²) < 4.78 is 1.59. The SMILES string of the molecule is O=c1c(-c2cccc([N+](=O)[O-])c2)nc2c(Cl)cccc2n1Cc1ccccc1. The molecule has 0 aliphatic carbocycles. The van der Waals surface area contributed by atoms with Crippen molar-refractivity contribution in [2.45, 2.75) is 6.54 Å². The van der Waals surface area contributed by atoms with E-state index in [-0.39, 0.29) is 16.9 Å². The van der Waals surface area contributed by atoms with E-state index >= 15 is 0 Å². The maximum absolute atomic E-state index is 13.3. The van der Waals surface area contributed by atoms with Crippen molar-refractivity contribution in [3.05, 3.63) is 104 Å². The number of rotatable bonds is 4. The second kappa shape index (κ2) is 7.25. The Hall–Kier alpha value is -3.51. The van der Waals surface area contributed by atoms with Gasteiger partial charge in [-0.1, -0.05) is 60.1 Å². The minimum Gasteiger partial charge on any atom is -0.300 e. The van der Waals surface area contributed by atoms with Crippen LogP contribution < -0.4 is 5.56 Å². The maximum Gasteiger partial charge on any atom is 0.277 e. The molecule has 1 heterocycles. The molecule has 0 aliphatic rings. The van der Waals surface area contributed by atoms with Crippen molar-refractivity contribution in [2.24, 2.45) is 0 Å². The molecule has 0 N–H and O–H groups in total. The van der Waals surface area contributed by atoms with E-state index in [1.54, 1.807) is 28.8 Å². The van der Waals surface area contributed by atoms with Crippen LogP contribution in [0.1, 0.15) is 5.56 Å². The molecule has 4 aromatic rings. The zero-order chi connectivity index (χ0) is 19.7. The lowest BCUT2D eigenvalue weighted by molar-refractivity contribution is -0.384. The van der Waals surface area contributed by atoms with Crippen LogP contribution in [0, 0.1) is 10.1 Å². The average molecular weight is 392 g/mol. The number of hydrogen-bond acceptors (Lipinski definition) is 4. The molecule has 4 rings (SSSR count). The number of nitro benzene ring substituents is 1. The first-order chi connectivity index (χ1) is 13.5. The highest BCUT2D eigenvalue weighted by molar-refractivity contribution is 6.34. The Kier molecular flexibility index (Phi) is 4.63.